The Labute approximate surface area is 168 Å². The van der Waals surface area contributed by atoms with Crippen molar-refractivity contribution in [3.05, 3.63) is 83.1 Å². The molecule has 1 aromatic heterocycles. The molecule has 0 spiro atoms. The van der Waals surface area contributed by atoms with Crippen LogP contribution in [0.1, 0.15) is 21.6 Å². The molecule has 4 rings (SSSR count). The van der Waals surface area contributed by atoms with Crippen LogP contribution in [-0.2, 0) is 16.6 Å². The van der Waals surface area contributed by atoms with Crippen LogP contribution >= 0.6 is 0 Å². The number of Topliss-reactive ketones (excluding diaryl/α,β-unsaturated/α-hetero) is 1. The molecular weight excluding hydrogens is 366 g/mol. The molecule has 0 saturated heterocycles. The highest BCUT2D eigenvalue weighted by Gasteiger charge is 2.29. The van der Waals surface area contributed by atoms with Gasteiger partial charge in [-0.25, -0.2) is 4.79 Å². The zero-order valence-corrected chi connectivity index (χ0v) is 16.1. The Morgan fingerprint density at radius 3 is 2.31 bits per heavy atom. The normalized spacial score (nSPS) is 13.0. The highest BCUT2D eigenvalue weighted by atomic mass is 16.5. The van der Waals surface area contributed by atoms with Crippen molar-refractivity contribution >= 4 is 23.5 Å². The number of benzene rings is 2. The second kappa shape index (κ2) is 7.67. The first-order valence-electron chi connectivity index (χ1n) is 9.16. The Morgan fingerprint density at radius 1 is 1.00 bits per heavy atom. The second-order valence-corrected chi connectivity index (χ2v) is 6.62. The van der Waals surface area contributed by atoms with Gasteiger partial charge in [-0.2, -0.15) is 5.10 Å². The average Bonchev–Trinajstić information content (AvgIpc) is 2.97. The smallest absolute Gasteiger partial charge is 0.335 e. The van der Waals surface area contributed by atoms with E-state index in [2.05, 4.69) is 10.1 Å². The molecule has 0 unspecified atom stereocenters. The van der Waals surface area contributed by atoms with Crippen molar-refractivity contribution in [2.24, 2.45) is 12.0 Å². The third kappa shape index (κ3) is 3.40. The summed E-state index contributed by atoms with van der Waals surface area (Å²) in [7, 11) is 3.13. The van der Waals surface area contributed by atoms with Crippen molar-refractivity contribution in [2.75, 3.05) is 13.7 Å². The standard InChI is InChI=1S/C23H19N3O3/c1-26-21(15-9-5-3-6-10-15)19-18(25-26)13-17(23(28)29-2)14-24-20(19)22(27)16-11-7-4-8-12-16/h3-13H,14H2,1-2H3. The van der Waals surface area contributed by atoms with Gasteiger partial charge in [0, 0.05) is 18.2 Å². The minimum Gasteiger partial charge on any atom is -0.466 e. The Balaban J connectivity index is 1.95. The van der Waals surface area contributed by atoms with E-state index in [1.54, 1.807) is 22.9 Å². The number of rotatable bonds is 4. The Morgan fingerprint density at radius 2 is 1.66 bits per heavy atom. The molecule has 2 heterocycles. The molecule has 6 nitrogen and oxygen atoms in total. The number of hydrogen-bond donors (Lipinski definition) is 0. The van der Waals surface area contributed by atoms with Crippen molar-refractivity contribution in [3.8, 4) is 11.3 Å². The number of hydrogen-bond acceptors (Lipinski definition) is 5. The molecule has 29 heavy (non-hydrogen) atoms. The van der Waals surface area contributed by atoms with Gasteiger partial charge in [0.1, 0.15) is 5.71 Å². The van der Waals surface area contributed by atoms with Crippen LogP contribution in [0.4, 0.5) is 0 Å². The van der Waals surface area contributed by atoms with Gasteiger partial charge in [0.25, 0.3) is 0 Å². The maximum Gasteiger partial charge on any atom is 0.335 e. The SMILES string of the molecule is COC(=O)C1=Cc2nn(C)c(-c3ccccc3)c2C(C(=O)c2ccccc2)=NC1. The van der Waals surface area contributed by atoms with E-state index in [9.17, 15) is 9.59 Å². The largest absolute Gasteiger partial charge is 0.466 e. The number of aliphatic imine (C=N–C) groups is 1. The zero-order chi connectivity index (χ0) is 20.4. The molecule has 0 radical (unpaired) electrons. The fraction of sp³-hybridized carbons (Fsp3) is 0.130. The van der Waals surface area contributed by atoms with Gasteiger partial charge in [-0.3, -0.25) is 14.5 Å². The highest BCUT2D eigenvalue weighted by Crippen LogP contribution is 2.30. The summed E-state index contributed by atoms with van der Waals surface area (Å²) in [4.78, 5) is 30.0. The van der Waals surface area contributed by atoms with Crippen molar-refractivity contribution in [2.45, 2.75) is 0 Å². The lowest BCUT2D eigenvalue weighted by molar-refractivity contribution is -0.136. The Bertz CT molecular complexity index is 1140. The van der Waals surface area contributed by atoms with Gasteiger partial charge in [0.15, 0.2) is 0 Å². The lowest BCUT2D eigenvalue weighted by Crippen LogP contribution is -2.18. The zero-order valence-electron chi connectivity index (χ0n) is 16.1. The lowest BCUT2D eigenvalue weighted by atomic mass is 9.96. The second-order valence-electron chi connectivity index (χ2n) is 6.62. The molecule has 3 aromatic rings. The first-order valence-corrected chi connectivity index (χ1v) is 9.16. The van der Waals surface area contributed by atoms with E-state index in [0.717, 1.165) is 11.3 Å². The fourth-order valence-electron chi connectivity index (χ4n) is 3.43. The van der Waals surface area contributed by atoms with Gasteiger partial charge in [0.05, 0.1) is 36.2 Å². The number of carbonyl (C=O) groups excluding carboxylic acids is 2. The predicted molar refractivity (Wildman–Crippen MR) is 111 cm³/mol. The molecule has 0 N–H and O–H groups in total. The van der Waals surface area contributed by atoms with Crippen LogP contribution in [0.2, 0.25) is 0 Å². The molecule has 0 bridgehead atoms. The van der Waals surface area contributed by atoms with Crippen LogP contribution in [0.5, 0.6) is 0 Å². The summed E-state index contributed by atoms with van der Waals surface area (Å²) in [5.41, 5.74) is 3.98. The lowest BCUT2D eigenvalue weighted by Gasteiger charge is -2.09. The van der Waals surface area contributed by atoms with Crippen LogP contribution in [0.25, 0.3) is 17.3 Å². The van der Waals surface area contributed by atoms with E-state index in [0.29, 0.717) is 22.4 Å². The number of fused-ring (bicyclic) bond motifs is 1. The molecule has 2 aromatic carbocycles. The number of ketones is 1. The average molecular weight is 385 g/mol. The fourth-order valence-corrected chi connectivity index (χ4v) is 3.43. The van der Waals surface area contributed by atoms with Crippen molar-refractivity contribution in [1.82, 2.24) is 9.78 Å². The van der Waals surface area contributed by atoms with Crippen molar-refractivity contribution in [3.63, 3.8) is 0 Å². The number of aromatic nitrogens is 2. The summed E-state index contributed by atoms with van der Waals surface area (Å²) < 4.78 is 6.58. The highest BCUT2D eigenvalue weighted by molar-refractivity contribution is 6.53. The number of ether oxygens (including phenoxy) is 1. The first-order chi connectivity index (χ1) is 14.1. The quantitative estimate of drug-likeness (QED) is 0.510. The number of aryl methyl sites for hydroxylation is 1. The number of methoxy groups -OCH3 is 1. The molecule has 144 valence electrons. The monoisotopic (exact) mass is 385 g/mol. The predicted octanol–water partition coefficient (Wildman–Crippen LogP) is 3.33. The van der Waals surface area contributed by atoms with Gasteiger partial charge >= 0.3 is 5.97 Å². The van der Waals surface area contributed by atoms with E-state index in [4.69, 9.17) is 4.74 Å². The summed E-state index contributed by atoms with van der Waals surface area (Å²) >= 11 is 0. The van der Waals surface area contributed by atoms with Crippen LogP contribution in [0.15, 0.2) is 71.2 Å². The van der Waals surface area contributed by atoms with E-state index in [1.165, 1.54) is 7.11 Å². The molecule has 6 heteroatoms. The first kappa shape index (κ1) is 18.6. The number of esters is 1. The van der Waals surface area contributed by atoms with Crippen LogP contribution in [0.3, 0.4) is 0 Å². The molecule has 0 saturated carbocycles. The number of carbonyl (C=O) groups is 2. The molecule has 0 amide bonds. The third-order valence-electron chi connectivity index (χ3n) is 4.78. The van der Waals surface area contributed by atoms with Gasteiger partial charge in [0.2, 0.25) is 5.78 Å². The summed E-state index contributed by atoms with van der Waals surface area (Å²) in [5.74, 6) is -0.698. The van der Waals surface area contributed by atoms with Gasteiger partial charge < -0.3 is 4.74 Å². The summed E-state index contributed by atoms with van der Waals surface area (Å²) in [5, 5.41) is 4.58. The molecule has 0 atom stereocenters. The van der Waals surface area contributed by atoms with Gasteiger partial charge in [-0.05, 0) is 6.08 Å². The maximum atomic E-state index is 13.3. The topological polar surface area (TPSA) is 73.5 Å². The van der Waals surface area contributed by atoms with Crippen LogP contribution < -0.4 is 0 Å². The third-order valence-corrected chi connectivity index (χ3v) is 4.78. The molecule has 1 aliphatic heterocycles. The van der Waals surface area contributed by atoms with Gasteiger partial charge in [-0.15, -0.1) is 0 Å². The summed E-state index contributed by atoms with van der Waals surface area (Å²) in [6, 6.07) is 18.7. The van der Waals surface area contributed by atoms with Crippen LogP contribution in [0, 0.1) is 0 Å². The maximum absolute atomic E-state index is 13.3. The number of nitrogens with zero attached hydrogens (tertiary/aromatic N) is 3. The van der Waals surface area contributed by atoms with E-state index in [1.807, 2.05) is 55.6 Å². The molecule has 0 aliphatic carbocycles. The summed E-state index contributed by atoms with van der Waals surface area (Å²) in [6.07, 6.45) is 1.66. The van der Waals surface area contributed by atoms with E-state index >= 15 is 0 Å². The Kier molecular flexibility index (Phi) is 4.91. The van der Waals surface area contributed by atoms with Crippen molar-refractivity contribution < 1.29 is 14.3 Å². The summed E-state index contributed by atoms with van der Waals surface area (Å²) in [6.45, 7) is 0.0505. The molecule has 1 aliphatic rings. The van der Waals surface area contributed by atoms with E-state index in [-0.39, 0.29) is 18.0 Å². The molecular formula is C23H19N3O3. The minimum atomic E-state index is -0.486. The van der Waals surface area contributed by atoms with Crippen LogP contribution in [-0.4, -0.2) is 40.9 Å². The molecule has 0 fully saturated rings. The van der Waals surface area contributed by atoms with E-state index < -0.39 is 5.97 Å². The Hall–Kier alpha value is -3.80. The van der Waals surface area contributed by atoms with Gasteiger partial charge in [-0.1, -0.05) is 60.7 Å². The van der Waals surface area contributed by atoms with Crippen molar-refractivity contribution in [1.29, 1.82) is 0 Å². The minimum absolute atomic E-state index is 0.0505.